The molecule has 176 valence electrons. The van der Waals surface area contributed by atoms with Gasteiger partial charge in [-0.25, -0.2) is 13.2 Å². The molecule has 1 aliphatic heterocycles. The number of hydrogen-bond acceptors (Lipinski definition) is 7. The average molecular weight is 492 g/mol. The first-order valence-electron chi connectivity index (χ1n) is 10.4. The highest BCUT2D eigenvalue weighted by atomic mass is 32.2. The molecule has 1 atom stereocenters. The van der Waals surface area contributed by atoms with Gasteiger partial charge in [0, 0.05) is 12.6 Å². The summed E-state index contributed by atoms with van der Waals surface area (Å²) >= 11 is 1.10. The van der Waals surface area contributed by atoms with Gasteiger partial charge in [0.15, 0.2) is 14.6 Å². The number of aromatic nitrogens is 1. The van der Waals surface area contributed by atoms with E-state index in [2.05, 4.69) is 10.9 Å². The molecule has 1 aromatic carbocycles. The largest absolute Gasteiger partial charge is 0.465 e. The number of ether oxygens (including phenoxy) is 1. The van der Waals surface area contributed by atoms with E-state index in [0.29, 0.717) is 22.3 Å². The minimum absolute atomic E-state index is 0.0158. The molecule has 1 unspecified atom stereocenters. The minimum atomic E-state index is -3.99. The van der Waals surface area contributed by atoms with Crippen LogP contribution in [-0.2, 0) is 30.7 Å². The number of amides is 2. The Kier molecular flexibility index (Phi) is 7.71. The van der Waals surface area contributed by atoms with Crippen LogP contribution in [0.4, 0.5) is 0 Å². The number of carbonyl (C=O) groups excluding carboxylic acids is 3. The Balaban J connectivity index is 1.84. The summed E-state index contributed by atoms with van der Waals surface area (Å²) in [5, 5.41) is 0. The van der Waals surface area contributed by atoms with E-state index >= 15 is 0 Å². The quantitative estimate of drug-likeness (QED) is 0.445. The fourth-order valence-corrected chi connectivity index (χ4v) is 5.94. The van der Waals surface area contributed by atoms with Gasteiger partial charge in [0.1, 0.15) is 11.5 Å². The molecule has 2 heterocycles. The Morgan fingerprint density at radius 3 is 2.70 bits per heavy atom. The number of piperidine rings is 1. The van der Waals surface area contributed by atoms with Crippen LogP contribution in [0.3, 0.4) is 0 Å². The van der Waals surface area contributed by atoms with Crippen molar-refractivity contribution in [1.82, 2.24) is 9.47 Å². The Morgan fingerprint density at radius 1 is 1.27 bits per heavy atom. The van der Waals surface area contributed by atoms with Crippen LogP contribution in [0.5, 0.6) is 0 Å². The number of benzene rings is 1. The van der Waals surface area contributed by atoms with E-state index < -0.39 is 39.1 Å². The highest BCUT2D eigenvalue weighted by molar-refractivity contribution is 7.92. The fraction of sp³-hybridized carbons (Fsp3) is 0.455. The molecule has 0 aliphatic carbocycles. The number of terminal acetylenes is 1. The molecular weight excluding hydrogens is 466 g/mol. The average Bonchev–Trinajstić information content (AvgIpc) is 3.08. The van der Waals surface area contributed by atoms with E-state index in [4.69, 9.17) is 11.2 Å². The number of thiazole rings is 1. The number of sulfone groups is 1. The van der Waals surface area contributed by atoms with Crippen LogP contribution in [0, 0.1) is 12.3 Å². The third-order valence-corrected chi connectivity index (χ3v) is 7.80. The van der Waals surface area contributed by atoms with Gasteiger partial charge in [-0.3, -0.25) is 9.59 Å². The Labute approximate surface area is 196 Å². The van der Waals surface area contributed by atoms with Crippen LogP contribution >= 0.6 is 11.3 Å². The van der Waals surface area contributed by atoms with Crippen LogP contribution in [0.2, 0.25) is 0 Å². The van der Waals surface area contributed by atoms with E-state index in [1.54, 1.807) is 27.7 Å². The zero-order valence-electron chi connectivity index (χ0n) is 18.4. The van der Waals surface area contributed by atoms with Gasteiger partial charge in [-0.05, 0) is 44.4 Å². The predicted molar refractivity (Wildman–Crippen MR) is 124 cm³/mol. The molecule has 1 aromatic heterocycles. The highest BCUT2D eigenvalue weighted by Crippen LogP contribution is 2.20. The molecule has 0 spiro atoms. The molecule has 0 N–H and O–H groups in total. The Bertz CT molecular complexity index is 1300. The van der Waals surface area contributed by atoms with E-state index in [1.165, 1.54) is 7.11 Å². The number of rotatable bonds is 6. The van der Waals surface area contributed by atoms with Gasteiger partial charge in [0.25, 0.3) is 5.91 Å². The summed E-state index contributed by atoms with van der Waals surface area (Å²) in [6, 6.07) is 4.81. The van der Waals surface area contributed by atoms with Crippen LogP contribution in [-0.4, -0.2) is 66.9 Å². The van der Waals surface area contributed by atoms with E-state index in [0.717, 1.165) is 30.6 Å². The number of methoxy groups -OCH3 is 1. The number of fused-ring (bicyclic) bond motifs is 1. The van der Waals surface area contributed by atoms with Crippen LogP contribution in [0.15, 0.2) is 23.2 Å². The third-order valence-electron chi connectivity index (χ3n) is 5.38. The van der Waals surface area contributed by atoms with E-state index in [-0.39, 0.29) is 17.4 Å². The maximum absolute atomic E-state index is 12.5. The summed E-state index contributed by atoms with van der Waals surface area (Å²) < 4.78 is 32.0. The monoisotopic (exact) mass is 491 g/mol. The van der Waals surface area contributed by atoms with Crippen molar-refractivity contribution in [2.24, 2.45) is 4.99 Å². The molecular formula is C22H25N3O6S2. The molecule has 11 heteroatoms. The normalized spacial score (nSPS) is 17.1. The molecule has 1 fully saturated rings. The number of carbonyl (C=O) groups is 3. The van der Waals surface area contributed by atoms with Crippen molar-refractivity contribution < 1.29 is 27.5 Å². The summed E-state index contributed by atoms with van der Waals surface area (Å²) in [5.41, 5.74) is 0.972. The van der Waals surface area contributed by atoms with E-state index in [1.807, 2.05) is 6.92 Å². The SMILES string of the molecule is C#CCn1c(=NC(=O)CS(=O)(=O)CC(=O)N2CCCCC2C)sc2cc(C(=O)OC)ccc21. The predicted octanol–water partition coefficient (Wildman–Crippen LogP) is 1.37. The maximum atomic E-state index is 12.5. The van der Waals surface area contributed by atoms with Crippen molar-refractivity contribution in [3.05, 3.63) is 28.6 Å². The van der Waals surface area contributed by atoms with Crippen molar-refractivity contribution in [1.29, 1.82) is 0 Å². The summed E-state index contributed by atoms with van der Waals surface area (Å²) in [6.07, 6.45) is 8.12. The molecule has 9 nitrogen and oxygen atoms in total. The highest BCUT2D eigenvalue weighted by Gasteiger charge is 2.28. The van der Waals surface area contributed by atoms with Crippen molar-refractivity contribution in [3.8, 4) is 12.3 Å². The van der Waals surface area contributed by atoms with Gasteiger partial charge in [-0.2, -0.15) is 4.99 Å². The standard InChI is InChI=1S/C22H25N3O6S2/c1-4-10-25-17-9-8-16(21(28)31-3)12-18(17)32-22(25)23-19(26)13-33(29,30)14-20(27)24-11-6-5-7-15(24)2/h1,8-9,12,15H,5-7,10-11,13-14H2,2-3H3. The van der Waals surface area contributed by atoms with Crippen molar-refractivity contribution in [2.45, 2.75) is 38.8 Å². The van der Waals surface area contributed by atoms with Gasteiger partial charge >= 0.3 is 5.97 Å². The van der Waals surface area contributed by atoms with Gasteiger partial charge in [0.2, 0.25) is 5.91 Å². The fourth-order valence-electron chi connectivity index (χ4n) is 3.77. The van der Waals surface area contributed by atoms with Crippen molar-refractivity contribution in [3.63, 3.8) is 0 Å². The second-order valence-electron chi connectivity index (χ2n) is 7.82. The molecule has 0 bridgehead atoms. The van der Waals surface area contributed by atoms with Crippen molar-refractivity contribution in [2.75, 3.05) is 25.2 Å². The molecule has 2 amide bonds. The summed E-state index contributed by atoms with van der Waals surface area (Å²) in [6.45, 7) is 2.51. The smallest absolute Gasteiger partial charge is 0.337 e. The summed E-state index contributed by atoms with van der Waals surface area (Å²) in [5.74, 6) is -1.02. The van der Waals surface area contributed by atoms with Crippen LogP contribution < -0.4 is 4.80 Å². The zero-order chi connectivity index (χ0) is 24.2. The van der Waals surface area contributed by atoms with Gasteiger partial charge in [-0.1, -0.05) is 17.3 Å². The molecule has 2 aromatic rings. The minimum Gasteiger partial charge on any atom is -0.465 e. The zero-order valence-corrected chi connectivity index (χ0v) is 20.1. The van der Waals surface area contributed by atoms with Crippen LogP contribution in [0.1, 0.15) is 36.5 Å². The van der Waals surface area contributed by atoms with Gasteiger partial charge in [0.05, 0.1) is 29.4 Å². The first kappa shape index (κ1) is 24.7. The van der Waals surface area contributed by atoms with E-state index in [9.17, 15) is 22.8 Å². The lowest BCUT2D eigenvalue weighted by atomic mass is 10.0. The number of hydrogen-bond donors (Lipinski definition) is 0. The summed E-state index contributed by atoms with van der Waals surface area (Å²) in [4.78, 5) is 42.5. The van der Waals surface area contributed by atoms with Gasteiger partial charge in [-0.15, -0.1) is 6.42 Å². The molecule has 33 heavy (non-hydrogen) atoms. The first-order chi connectivity index (χ1) is 15.6. The molecule has 3 rings (SSSR count). The molecule has 1 saturated heterocycles. The lowest BCUT2D eigenvalue weighted by molar-refractivity contribution is -0.131. The van der Waals surface area contributed by atoms with Crippen LogP contribution in [0.25, 0.3) is 10.2 Å². The summed E-state index contributed by atoms with van der Waals surface area (Å²) in [7, 11) is -2.72. The van der Waals surface area contributed by atoms with Gasteiger partial charge < -0.3 is 14.2 Å². The second-order valence-corrected chi connectivity index (χ2v) is 10.9. The Hall–Kier alpha value is -2.97. The Morgan fingerprint density at radius 2 is 2.03 bits per heavy atom. The maximum Gasteiger partial charge on any atom is 0.337 e. The number of nitrogens with zero attached hydrogens (tertiary/aromatic N) is 3. The topological polar surface area (TPSA) is 115 Å². The third kappa shape index (κ3) is 5.89. The molecule has 0 radical (unpaired) electrons. The molecule has 0 saturated carbocycles. The lowest BCUT2D eigenvalue weighted by Gasteiger charge is -2.33. The van der Waals surface area contributed by atoms with Crippen molar-refractivity contribution >= 4 is 49.2 Å². The first-order valence-corrected chi connectivity index (χ1v) is 13.0. The second kappa shape index (κ2) is 10.3. The number of esters is 1. The molecule has 1 aliphatic rings. The number of likely N-dealkylation sites (tertiary alicyclic amines) is 1. The lowest BCUT2D eigenvalue weighted by Crippen LogP contribution is -2.45.